The molecule has 0 unspecified atom stereocenters. The summed E-state index contributed by atoms with van der Waals surface area (Å²) in [5.41, 5.74) is 8.84. The zero-order valence-corrected chi connectivity index (χ0v) is 16.8. The molecule has 0 saturated heterocycles. The van der Waals surface area contributed by atoms with Gasteiger partial charge in [-0.15, -0.1) is 0 Å². The van der Waals surface area contributed by atoms with E-state index in [1.807, 2.05) is 24.3 Å². The third-order valence-electron chi connectivity index (χ3n) is 5.39. The molecule has 0 aromatic heterocycles. The fourth-order valence-corrected chi connectivity index (χ4v) is 3.71. The van der Waals surface area contributed by atoms with Gasteiger partial charge < -0.3 is 9.47 Å². The number of carbonyl (C=O) groups is 1. The molecule has 1 aliphatic carbocycles. The highest BCUT2D eigenvalue weighted by Gasteiger charge is 2.17. The van der Waals surface area contributed by atoms with E-state index >= 15 is 0 Å². The number of rotatable bonds is 6. The van der Waals surface area contributed by atoms with Crippen molar-refractivity contribution >= 4 is 11.5 Å². The van der Waals surface area contributed by atoms with Crippen LogP contribution in [0.25, 0.3) is 16.7 Å². The number of esters is 1. The number of carbonyl (C=O) groups excluding carboxylic acids is 1. The summed E-state index contributed by atoms with van der Waals surface area (Å²) in [6.45, 7) is 2.62. The fraction of sp³-hybridized carbons (Fsp3) is 0.192. The summed E-state index contributed by atoms with van der Waals surface area (Å²) in [7, 11) is 1.40. The summed E-state index contributed by atoms with van der Waals surface area (Å²) >= 11 is 0. The van der Waals surface area contributed by atoms with Gasteiger partial charge >= 0.3 is 5.97 Å². The van der Waals surface area contributed by atoms with Crippen molar-refractivity contribution in [1.82, 2.24) is 0 Å². The zero-order valence-electron chi connectivity index (χ0n) is 16.8. The molecule has 146 valence electrons. The van der Waals surface area contributed by atoms with Crippen molar-refractivity contribution in [2.75, 3.05) is 13.7 Å². The largest absolute Gasteiger partial charge is 0.490 e. The van der Waals surface area contributed by atoms with Crippen LogP contribution in [0.4, 0.5) is 0 Å². The standard InChI is InChI=1S/C26H24O3/c1-18(13-14-29-23-10-7-19(8-11-23)15-26(27)28-2)20-9-12-25-22(16-20)17-21-5-3-4-6-24(21)25/h3-13,16H,14-15,17H2,1-2H3/b18-13-. The Morgan fingerprint density at radius 2 is 1.72 bits per heavy atom. The molecule has 3 nitrogen and oxygen atoms in total. The number of ether oxygens (including phenoxy) is 2. The molecule has 0 saturated carbocycles. The molecular formula is C26H24O3. The average Bonchev–Trinajstić information content (AvgIpc) is 3.12. The van der Waals surface area contributed by atoms with E-state index in [2.05, 4.69) is 60.2 Å². The van der Waals surface area contributed by atoms with Gasteiger partial charge in [0, 0.05) is 0 Å². The van der Waals surface area contributed by atoms with Gasteiger partial charge in [0.15, 0.2) is 0 Å². The third kappa shape index (κ3) is 4.24. The van der Waals surface area contributed by atoms with Crippen molar-refractivity contribution in [2.24, 2.45) is 0 Å². The normalized spacial score (nSPS) is 12.3. The van der Waals surface area contributed by atoms with Crippen molar-refractivity contribution in [3.05, 3.63) is 95.1 Å². The van der Waals surface area contributed by atoms with Gasteiger partial charge in [-0.25, -0.2) is 0 Å². The summed E-state index contributed by atoms with van der Waals surface area (Å²) in [4.78, 5) is 11.3. The minimum atomic E-state index is -0.241. The second-order valence-electron chi connectivity index (χ2n) is 7.30. The fourth-order valence-electron chi connectivity index (χ4n) is 3.71. The Kier molecular flexibility index (Phi) is 5.48. The second-order valence-corrected chi connectivity index (χ2v) is 7.30. The molecule has 0 N–H and O–H groups in total. The molecule has 3 aromatic rings. The predicted octanol–water partition coefficient (Wildman–Crippen LogP) is 5.46. The van der Waals surface area contributed by atoms with Gasteiger partial charge in [-0.05, 0) is 70.5 Å². The maximum atomic E-state index is 11.3. The van der Waals surface area contributed by atoms with Gasteiger partial charge in [0.25, 0.3) is 0 Å². The van der Waals surface area contributed by atoms with Crippen LogP contribution >= 0.6 is 0 Å². The SMILES string of the molecule is COC(=O)Cc1ccc(OC/C=C(/C)c2ccc3c(c2)Cc2ccccc2-3)cc1. The molecule has 4 rings (SSSR count). The maximum Gasteiger partial charge on any atom is 0.309 e. The number of hydrogen-bond donors (Lipinski definition) is 0. The Hall–Kier alpha value is -3.33. The van der Waals surface area contributed by atoms with Gasteiger partial charge in [0.1, 0.15) is 12.4 Å². The lowest BCUT2D eigenvalue weighted by Crippen LogP contribution is -2.04. The molecule has 0 atom stereocenters. The van der Waals surface area contributed by atoms with Crippen LogP contribution in [0.5, 0.6) is 5.75 Å². The summed E-state index contributed by atoms with van der Waals surface area (Å²) in [6.07, 6.45) is 3.38. The Morgan fingerprint density at radius 1 is 0.966 bits per heavy atom. The van der Waals surface area contributed by atoms with E-state index in [0.717, 1.165) is 17.7 Å². The highest BCUT2D eigenvalue weighted by atomic mass is 16.5. The quantitative estimate of drug-likeness (QED) is 0.414. The van der Waals surface area contributed by atoms with Crippen LogP contribution in [-0.2, 0) is 22.4 Å². The molecule has 3 heteroatoms. The second kappa shape index (κ2) is 8.36. The molecule has 3 aromatic carbocycles. The number of fused-ring (bicyclic) bond motifs is 3. The molecule has 0 fully saturated rings. The number of benzene rings is 3. The van der Waals surface area contributed by atoms with E-state index < -0.39 is 0 Å². The topological polar surface area (TPSA) is 35.5 Å². The van der Waals surface area contributed by atoms with Crippen molar-refractivity contribution < 1.29 is 14.3 Å². The van der Waals surface area contributed by atoms with Crippen LogP contribution in [0.3, 0.4) is 0 Å². The number of allylic oxidation sites excluding steroid dienone is 1. The van der Waals surface area contributed by atoms with Crippen LogP contribution in [0.2, 0.25) is 0 Å². The Morgan fingerprint density at radius 3 is 2.52 bits per heavy atom. The summed E-state index contributed by atoms with van der Waals surface area (Å²) in [5, 5.41) is 0. The van der Waals surface area contributed by atoms with Gasteiger partial charge in [-0.3, -0.25) is 4.79 Å². The zero-order chi connectivity index (χ0) is 20.2. The molecular weight excluding hydrogens is 360 g/mol. The first kappa shape index (κ1) is 19.0. The van der Waals surface area contributed by atoms with Crippen molar-refractivity contribution in [3.63, 3.8) is 0 Å². The van der Waals surface area contributed by atoms with Gasteiger partial charge in [0.2, 0.25) is 0 Å². The first-order valence-corrected chi connectivity index (χ1v) is 9.81. The Balaban J connectivity index is 1.39. The molecule has 0 radical (unpaired) electrons. The third-order valence-corrected chi connectivity index (χ3v) is 5.39. The van der Waals surface area contributed by atoms with E-state index in [-0.39, 0.29) is 12.4 Å². The van der Waals surface area contributed by atoms with Crippen LogP contribution < -0.4 is 4.74 Å². The van der Waals surface area contributed by atoms with Crippen LogP contribution in [0, 0.1) is 0 Å². The molecule has 0 amide bonds. The molecule has 1 aliphatic rings. The molecule has 0 aliphatic heterocycles. The first-order valence-electron chi connectivity index (χ1n) is 9.81. The lowest BCUT2D eigenvalue weighted by atomic mass is 10.00. The van der Waals surface area contributed by atoms with Crippen LogP contribution in [0.15, 0.2) is 72.8 Å². The lowest BCUT2D eigenvalue weighted by Gasteiger charge is -2.08. The van der Waals surface area contributed by atoms with E-state index in [4.69, 9.17) is 4.74 Å². The highest BCUT2D eigenvalue weighted by molar-refractivity contribution is 5.79. The molecule has 0 heterocycles. The van der Waals surface area contributed by atoms with E-state index in [1.54, 1.807) is 0 Å². The smallest absolute Gasteiger partial charge is 0.309 e. The van der Waals surface area contributed by atoms with Crippen molar-refractivity contribution in [2.45, 2.75) is 19.8 Å². The van der Waals surface area contributed by atoms with Crippen LogP contribution in [-0.4, -0.2) is 19.7 Å². The first-order chi connectivity index (χ1) is 14.1. The molecule has 0 spiro atoms. The lowest BCUT2D eigenvalue weighted by molar-refractivity contribution is -0.139. The van der Waals surface area contributed by atoms with E-state index in [1.165, 1.54) is 40.5 Å². The number of hydrogen-bond acceptors (Lipinski definition) is 3. The monoisotopic (exact) mass is 384 g/mol. The molecule has 0 bridgehead atoms. The van der Waals surface area contributed by atoms with Gasteiger partial charge in [-0.2, -0.15) is 0 Å². The minimum absolute atomic E-state index is 0.241. The Bertz CT molecular complexity index is 1060. The van der Waals surface area contributed by atoms with Crippen molar-refractivity contribution in [3.8, 4) is 16.9 Å². The summed E-state index contributed by atoms with van der Waals surface area (Å²) < 4.78 is 10.5. The minimum Gasteiger partial charge on any atom is -0.490 e. The van der Waals surface area contributed by atoms with Gasteiger partial charge in [-0.1, -0.05) is 54.6 Å². The number of methoxy groups -OCH3 is 1. The average molecular weight is 384 g/mol. The summed E-state index contributed by atoms with van der Waals surface area (Å²) in [5.74, 6) is 0.543. The van der Waals surface area contributed by atoms with Crippen molar-refractivity contribution in [1.29, 1.82) is 0 Å². The van der Waals surface area contributed by atoms with E-state index in [9.17, 15) is 4.79 Å². The molecule has 29 heavy (non-hydrogen) atoms. The highest BCUT2D eigenvalue weighted by Crippen LogP contribution is 2.37. The Labute approximate surface area is 171 Å². The predicted molar refractivity (Wildman–Crippen MR) is 116 cm³/mol. The maximum absolute atomic E-state index is 11.3. The van der Waals surface area contributed by atoms with E-state index in [0.29, 0.717) is 6.61 Å². The van der Waals surface area contributed by atoms with Crippen LogP contribution in [0.1, 0.15) is 29.2 Å². The van der Waals surface area contributed by atoms with Gasteiger partial charge in [0.05, 0.1) is 13.5 Å². The summed E-state index contributed by atoms with van der Waals surface area (Å²) in [6, 6.07) is 22.9.